The number of halogens is 2. The molecule has 0 fully saturated rings. The molecule has 88 valence electrons. The van der Waals surface area contributed by atoms with E-state index in [1.54, 1.807) is 6.07 Å². The smallest absolute Gasteiger partial charge is 0.193 e. The maximum Gasteiger partial charge on any atom is 0.193 e. The highest BCUT2D eigenvalue weighted by Crippen LogP contribution is 2.22. The van der Waals surface area contributed by atoms with Gasteiger partial charge in [0.2, 0.25) is 0 Å². The summed E-state index contributed by atoms with van der Waals surface area (Å²) in [5.41, 5.74) is 6.00. The van der Waals surface area contributed by atoms with Crippen LogP contribution in [0, 0.1) is 5.82 Å². The van der Waals surface area contributed by atoms with E-state index in [0.29, 0.717) is 5.69 Å². The summed E-state index contributed by atoms with van der Waals surface area (Å²) in [5.74, 6) is -0.0620. The molecule has 1 aromatic rings. The molecule has 0 unspecified atom stereocenters. The first-order chi connectivity index (χ1) is 7.28. The van der Waals surface area contributed by atoms with Gasteiger partial charge in [-0.2, -0.15) is 0 Å². The highest BCUT2D eigenvalue weighted by atomic mass is 79.9. The van der Waals surface area contributed by atoms with Crippen molar-refractivity contribution < 1.29 is 4.39 Å². The molecule has 1 aromatic carbocycles. The predicted molar refractivity (Wildman–Crippen MR) is 69.1 cm³/mol. The number of benzene rings is 1. The van der Waals surface area contributed by atoms with Gasteiger partial charge in [-0.15, -0.1) is 0 Å². The molecule has 0 bridgehead atoms. The summed E-state index contributed by atoms with van der Waals surface area (Å²) < 4.78 is 13.7. The minimum absolute atomic E-state index is 0.263. The number of rotatable bonds is 1. The molecule has 0 saturated heterocycles. The van der Waals surface area contributed by atoms with Crippen molar-refractivity contribution in [3.05, 3.63) is 28.5 Å². The van der Waals surface area contributed by atoms with E-state index in [-0.39, 0.29) is 17.3 Å². The molecule has 3 nitrogen and oxygen atoms in total. The van der Waals surface area contributed by atoms with Crippen LogP contribution in [0.3, 0.4) is 0 Å². The van der Waals surface area contributed by atoms with Gasteiger partial charge < -0.3 is 11.1 Å². The fourth-order valence-corrected chi connectivity index (χ4v) is 1.47. The molecule has 5 heteroatoms. The van der Waals surface area contributed by atoms with Crippen LogP contribution in [0.25, 0.3) is 0 Å². The van der Waals surface area contributed by atoms with Crippen molar-refractivity contribution in [2.24, 2.45) is 10.7 Å². The number of guanidine groups is 1. The van der Waals surface area contributed by atoms with E-state index in [0.717, 1.165) is 4.47 Å². The minimum Gasteiger partial charge on any atom is -0.370 e. The second-order valence-electron chi connectivity index (χ2n) is 4.42. The Morgan fingerprint density at radius 2 is 2.06 bits per heavy atom. The summed E-state index contributed by atoms with van der Waals surface area (Å²) in [6.45, 7) is 5.80. The maximum absolute atomic E-state index is 13.0. The molecule has 3 N–H and O–H groups in total. The molecular formula is C11H15BrFN3. The molecule has 0 radical (unpaired) electrons. The Balaban J connectivity index is 2.89. The van der Waals surface area contributed by atoms with Crippen molar-refractivity contribution in [1.82, 2.24) is 0 Å². The van der Waals surface area contributed by atoms with Crippen LogP contribution in [0.2, 0.25) is 0 Å². The molecule has 0 aliphatic rings. The number of nitrogens with two attached hydrogens (primary N) is 1. The van der Waals surface area contributed by atoms with Gasteiger partial charge in [0.15, 0.2) is 5.96 Å². The fourth-order valence-electron chi connectivity index (χ4n) is 1.12. The van der Waals surface area contributed by atoms with E-state index in [2.05, 4.69) is 26.2 Å². The Morgan fingerprint density at radius 1 is 1.44 bits per heavy atom. The van der Waals surface area contributed by atoms with Gasteiger partial charge in [-0.05, 0) is 54.9 Å². The van der Waals surface area contributed by atoms with E-state index in [1.165, 1.54) is 12.1 Å². The summed E-state index contributed by atoms with van der Waals surface area (Å²) in [7, 11) is 0. The monoisotopic (exact) mass is 287 g/mol. The van der Waals surface area contributed by atoms with Crippen LogP contribution in [0.5, 0.6) is 0 Å². The number of anilines is 1. The van der Waals surface area contributed by atoms with Gasteiger partial charge >= 0.3 is 0 Å². The van der Waals surface area contributed by atoms with Gasteiger partial charge in [0.1, 0.15) is 5.82 Å². The van der Waals surface area contributed by atoms with Gasteiger partial charge in [-0.1, -0.05) is 0 Å². The molecule has 16 heavy (non-hydrogen) atoms. The van der Waals surface area contributed by atoms with Gasteiger partial charge in [-0.25, -0.2) is 9.38 Å². The first kappa shape index (κ1) is 13.0. The zero-order chi connectivity index (χ0) is 12.3. The van der Waals surface area contributed by atoms with Gasteiger partial charge in [-0.3, -0.25) is 0 Å². The van der Waals surface area contributed by atoms with Gasteiger partial charge in [0, 0.05) is 4.47 Å². The minimum atomic E-state index is -0.325. The summed E-state index contributed by atoms with van der Waals surface area (Å²) in [5, 5.41) is 2.85. The highest BCUT2D eigenvalue weighted by molar-refractivity contribution is 9.10. The number of nitrogens with zero attached hydrogens (tertiary/aromatic N) is 1. The third kappa shape index (κ3) is 4.18. The van der Waals surface area contributed by atoms with Crippen molar-refractivity contribution in [3.63, 3.8) is 0 Å². The second kappa shape index (κ2) is 4.82. The Labute approximate surface area is 103 Å². The second-order valence-corrected chi connectivity index (χ2v) is 5.27. The zero-order valence-corrected chi connectivity index (χ0v) is 11.1. The van der Waals surface area contributed by atoms with E-state index in [4.69, 9.17) is 5.73 Å². The topological polar surface area (TPSA) is 50.4 Å². The van der Waals surface area contributed by atoms with Gasteiger partial charge in [0.05, 0.1) is 11.2 Å². The normalized spacial score (nSPS) is 12.7. The number of nitrogens with one attached hydrogen (secondary N) is 1. The lowest BCUT2D eigenvalue weighted by atomic mass is 10.1. The average molecular weight is 288 g/mol. The van der Waals surface area contributed by atoms with E-state index < -0.39 is 0 Å². The van der Waals surface area contributed by atoms with Crippen LogP contribution in [-0.4, -0.2) is 11.5 Å². The quantitative estimate of drug-likeness (QED) is 0.616. The van der Waals surface area contributed by atoms with Crippen LogP contribution in [-0.2, 0) is 0 Å². The molecule has 0 aliphatic heterocycles. The van der Waals surface area contributed by atoms with Crippen molar-refractivity contribution in [3.8, 4) is 0 Å². The Bertz CT molecular complexity index is 410. The Kier molecular flexibility index (Phi) is 3.91. The zero-order valence-electron chi connectivity index (χ0n) is 9.51. The number of hydrogen-bond donors (Lipinski definition) is 2. The molecule has 0 spiro atoms. The van der Waals surface area contributed by atoms with Crippen LogP contribution < -0.4 is 11.1 Å². The van der Waals surface area contributed by atoms with E-state index >= 15 is 0 Å². The fraction of sp³-hybridized carbons (Fsp3) is 0.364. The average Bonchev–Trinajstić information content (AvgIpc) is 2.08. The van der Waals surface area contributed by atoms with E-state index in [1.807, 2.05) is 20.8 Å². The maximum atomic E-state index is 13.0. The van der Waals surface area contributed by atoms with Crippen molar-refractivity contribution >= 4 is 27.6 Å². The molecule has 0 saturated carbocycles. The lowest BCUT2D eigenvalue weighted by Crippen LogP contribution is -2.27. The lowest BCUT2D eigenvalue weighted by Gasteiger charge is -2.15. The molecule has 0 heterocycles. The number of hydrogen-bond acceptors (Lipinski definition) is 1. The largest absolute Gasteiger partial charge is 0.370 e. The molecule has 0 atom stereocenters. The third-order valence-corrected chi connectivity index (χ3v) is 2.34. The number of aliphatic imine (C=N–C) groups is 1. The molecule has 0 aliphatic carbocycles. The van der Waals surface area contributed by atoms with Crippen molar-refractivity contribution in [2.75, 3.05) is 5.32 Å². The molecular weight excluding hydrogens is 273 g/mol. The van der Waals surface area contributed by atoms with E-state index in [9.17, 15) is 4.39 Å². The Hall–Kier alpha value is -1.10. The van der Waals surface area contributed by atoms with Crippen LogP contribution >= 0.6 is 15.9 Å². The first-order valence-electron chi connectivity index (χ1n) is 4.85. The molecule has 0 aromatic heterocycles. The van der Waals surface area contributed by atoms with Gasteiger partial charge in [0.25, 0.3) is 0 Å². The van der Waals surface area contributed by atoms with Crippen LogP contribution in [0.1, 0.15) is 20.8 Å². The van der Waals surface area contributed by atoms with Crippen LogP contribution in [0.4, 0.5) is 10.1 Å². The van der Waals surface area contributed by atoms with Crippen molar-refractivity contribution in [1.29, 1.82) is 0 Å². The predicted octanol–water partition coefficient (Wildman–Crippen LogP) is 3.11. The summed E-state index contributed by atoms with van der Waals surface area (Å²) >= 11 is 3.30. The Morgan fingerprint density at radius 3 is 2.62 bits per heavy atom. The summed E-state index contributed by atoms with van der Waals surface area (Å²) in [6, 6.07) is 4.34. The molecule has 1 rings (SSSR count). The molecule has 0 amide bonds. The summed E-state index contributed by atoms with van der Waals surface area (Å²) in [4.78, 5) is 4.22. The van der Waals surface area contributed by atoms with Crippen LogP contribution in [0.15, 0.2) is 27.7 Å². The lowest BCUT2D eigenvalue weighted by molar-refractivity contribution is 0.583. The third-order valence-electron chi connectivity index (χ3n) is 1.65. The standard InChI is InChI=1S/C11H15BrFN3/c1-11(2,3)16-10(14)15-9-6-7(13)4-5-8(9)12/h4-6H,1-3H3,(H3,14,15,16). The highest BCUT2D eigenvalue weighted by Gasteiger charge is 2.09. The SMILES string of the molecule is CC(C)(C)N=C(N)Nc1cc(F)ccc1Br. The summed E-state index contributed by atoms with van der Waals surface area (Å²) in [6.07, 6.45) is 0. The van der Waals surface area contributed by atoms with Crippen molar-refractivity contribution in [2.45, 2.75) is 26.3 Å². The first-order valence-corrected chi connectivity index (χ1v) is 5.64.